The largest absolute Gasteiger partial charge is 0.593 e. The highest BCUT2D eigenvalue weighted by molar-refractivity contribution is 7.92. The number of H-pyrrole nitrogens is 1. The van der Waals surface area contributed by atoms with Crippen molar-refractivity contribution in [1.82, 2.24) is 9.97 Å². The summed E-state index contributed by atoms with van der Waals surface area (Å²) in [6.45, 7) is 0. The summed E-state index contributed by atoms with van der Waals surface area (Å²) in [5, 5.41) is 12.5. The van der Waals surface area contributed by atoms with Crippen molar-refractivity contribution in [3.8, 4) is 17.2 Å². The van der Waals surface area contributed by atoms with Gasteiger partial charge in [0, 0.05) is 17.1 Å². The molecule has 0 bridgehead atoms. The van der Waals surface area contributed by atoms with Crippen molar-refractivity contribution in [3.05, 3.63) is 42.1 Å². The first-order chi connectivity index (χ1) is 14.1. The average molecular weight is 407 g/mol. The standard InChI is InChI=1S/C20H17N5O3S/c21-10-20(4-5-20)11-29(28)25-14-1-2-15(13(7-14)9-26)17-8-18(23-12-27)24-19-16(17)3-6-22-19/h1-3,6-9,12,25H,4-5,11H2,(H2,22,23,24,27). The predicted octanol–water partition coefficient (Wildman–Crippen LogP) is 2.99. The van der Waals surface area contributed by atoms with Gasteiger partial charge in [-0.3, -0.25) is 9.59 Å². The van der Waals surface area contributed by atoms with Crippen LogP contribution in [0.1, 0.15) is 23.2 Å². The maximum Gasteiger partial charge on any atom is 0.212 e. The van der Waals surface area contributed by atoms with E-state index in [4.69, 9.17) is 5.26 Å². The number of carbonyl (C=O) groups is 2. The number of carbonyl (C=O) groups excluding carboxylic acids is 2. The Morgan fingerprint density at radius 3 is 2.79 bits per heavy atom. The van der Waals surface area contributed by atoms with Crippen LogP contribution in [0.5, 0.6) is 0 Å². The summed E-state index contributed by atoms with van der Waals surface area (Å²) in [4.78, 5) is 29.9. The van der Waals surface area contributed by atoms with Gasteiger partial charge in [-0.15, -0.1) is 0 Å². The number of anilines is 2. The van der Waals surface area contributed by atoms with Gasteiger partial charge in [0.05, 0.1) is 23.1 Å². The van der Waals surface area contributed by atoms with Gasteiger partial charge in [-0.25, -0.2) is 9.71 Å². The molecule has 1 saturated carbocycles. The van der Waals surface area contributed by atoms with E-state index in [1.54, 1.807) is 30.5 Å². The Morgan fingerprint density at radius 1 is 1.28 bits per heavy atom. The molecule has 4 rings (SSSR count). The number of nitriles is 1. The van der Waals surface area contributed by atoms with Crippen LogP contribution in [0.4, 0.5) is 11.5 Å². The Balaban J connectivity index is 1.66. The summed E-state index contributed by atoms with van der Waals surface area (Å²) in [6, 6.07) is 10.9. The Bertz CT molecular complexity index is 1130. The minimum Gasteiger partial charge on any atom is -0.593 e. The first-order valence-corrected chi connectivity index (χ1v) is 10.2. The van der Waals surface area contributed by atoms with Crippen LogP contribution < -0.4 is 10.0 Å². The van der Waals surface area contributed by atoms with Crippen molar-refractivity contribution >= 4 is 46.6 Å². The molecule has 9 heteroatoms. The Kier molecular flexibility index (Phi) is 4.96. The van der Waals surface area contributed by atoms with Crippen molar-refractivity contribution in [2.45, 2.75) is 12.8 Å². The highest BCUT2D eigenvalue weighted by atomic mass is 32.2. The Hall–Kier alpha value is -3.35. The molecular weight excluding hydrogens is 390 g/mol. The molecule has 1 aliphatic carbocycles. The van der Waals surface area contributed by atoms with Gasteiger partial charge in [0.15, 0.2) is 6.29 Å². The molecule has 1 aromatic carbocycles. The van der Waals surface area contributed by atoms with Crippen LogP contribution in [0.25, 0.3) is 22.2 Å². The zero-order chi connectivity index (χ0) is 20.4. The first kappa shape index (κ1) is 19.0. The Labute approximate surface area is 169 Å². The number of fused-ring (bicyclic) bond motifs is 1. The summed E-state index contributed by atoms with van der Waals surface area (Å²) in [6.07, 6.45) is 4.53. The molecule has 0 aliphatic heterocycles. The topological polar surface area (TPSA) is 134 Å². The van der Waals surface area contributed by atoms with Crippen molar-refractivity contribution in [2.75, 3.05) is 15.8 Å². The van der Waals surface area contributed by atoms with E-state index in [-0.39, 0.29) is 5.75 Å². The minimum atomic E-state index is -1.41. The lowest BCUT2D eigenvalue weighted by Crippen LogP contribution is -2.23. The number of benzene rings is 1. The van der Waals surface area contributed by atoms with Crippen molar-refractivity contribution in [1.29, 1.82) is 5.26 Å². The van der Waals surface area contributed by atoms with Crippen LogP contribution in [0.15, 0.2) is 36.5 Å². The van der Waals surface area contributed by atoms with Crippen molar-refractivity contribution < 1.29 is 14.1 Å². The van der Waals surface area contributed by atoms with Gasteiger partial charge < -0.3 is 14.9 Å². The van der Waals surface area contributed by atoms with Gasteiger partial charge in [0.25, 0.3) is 0 Å². The number of aromatic amines is 1. The van der Waals surface area contributed by atoms with Gasteiger partial charge in [0.2, 0.25) is 6.41 Å². The molecule has 3 aromatic rings. The van der Waals surface area contributed by atoms with Crippen LogP contribution in [0.2, 0.25) is 0 Å². The molecule has 1 atom stereocenters. The number of nitrogens with zero attached hydrogens (tertiary/aromatic N) is 2. The third-order valence-electron chi connectivity index (χ3n) is 4.93. The number of amides is 1. The number of hydrogen-bond donors (Lipinski definition) is 3. The maximum absolute atomic E-state index is 12.3. The monoisotopic (exact) mass is 407 g/mol. The second-order valence-corrected chi connectivity index (χ2v) is 8.14. The third kappa shape index (κ3) is 3.81. The van der Waals surface area contributed by atoms with E-state index >= 15 is 0 Å². The summed E-state index contributed by atoms with van der Waals surface area (Å²) >= 11 is -1.41. The molecule has 0 spiro atoms. The molecule has 1 fully saturated rings. The van der Waals surface area contributed by atoms with Crippen molar-refractivity contribution in [2.24, 2.45) is 5.41 Å². The molecule has 29 heavy (non-hydrogen) atoms. The number of hydrogen-bond acceptors (Lipinski definition) is 6. The van der Waals surface area contributed by atoms with Crippen molar-refractivity contribution in [3.63, 3.8) is 0 Å². The highest BCUT2D eigenvalue weighted by Crippen LogP contribution is 2.46. The fourth-order valence-corrected chi connectivity index (χ4v) is 4.54. The second-order valence-electron chi connectivity index (χ2n) is 6.96. The molecule has 1 unspecified atom stereocenters. The molecule has 1 amide bonds. The molecule has 3 N–H and O–H groups in total. The predicted molar refractivity (Wildman–Crippen MR) is 111 cm³/mol. The molecular formula is C20H17N5O3S. The van der Waals surface area contributed by atoms with E-state index in [2.05, 4.69) is 26.1 Å². The van der Waals surface area contributed by atoms with Gasteiger partial charge in [-0.2, -0.15) is 5.26 Å². The smallest absolute Gasteiger partial charge is 0.212 e. The van der Waals surface area contributed by atoms with Crippen LogP contribution in [0.3, 0.4) is 0 Å². The SMILES string of the molecule is N#CC1(C[S+]([O-])Nc2ccc(-c3cc(NC=O)nc4[nH]ccc34)c(C=O)c2)CC1. The van der Waals surface area contributed by atoms with Gasteiger partial charge in [-0.1, -0.05) is 6.07 Å². The summed E-state index contributed by atoms with van der Waals surface area (Å²) < 4.78 is 15.2. The first-order valence-electron chi connectivity index (χ1n) is 8.92. The fourth-order valence-electron chi connectivity index (χ4n) is 3.22. The van der Waals surface area contributed by atoms with E-state index in [0.29, 0.717) is 34.7 Å². The molecule has 1 aliphatic rings. The molecule has 0 saturated heterocycles. The molecule has 2 aromatic heterocycles. The van der Waals surface area contributed by atoms with Crippen LogP contribution in [-0.2, 0) is 16.2 Å². The van der Waals surface area contributed by atoms with Crippen LogP contribution in [-0.4, -0.2) is 33.0 Å². The van der Waals surface area contributed by atoms with Crippen LogP contribution in [0, 0.1) is 16.7 Å². The number of pyridine rings is 1. The van der Waals surface area contributed by atoms with E-state index in [9.17, 15) is 14.1 Å². The lowest BCUT2D eigenvalue weighted by Gasteiger charge is -2.15. The zero-order valence-electron chi connectivity index (χ0n) is 15.3. The van der Waals surface area contributed by atoms with Gasteiger partial charge in [0.1, 0.15) is 22.6 Å². The van der Waals surface area contributed by atoms with Gasteiger partial charge in [-0.05, 0) is 48.2 Å². The van der Waals surface area contributed by atoms with E-state index in [0.717, 1.165) is 30.1 Å². The molecule has 0 radical (unpaired) electrons. The molecule has 8 nitrogen and oxygen atoms in total. The number of rotatable bonds is 8. The second kappa shape index (κ2) is 7.58. The quantitative estimate of drug-likeness (QED) is 0.388. The Morgan fingerprint density at radius 2 is 2.10 bits per heavy atom. The van der Waals surface area contributed by atoms with Gasteiger partial charge >= 0.3 is 0 Å². The number of aldehydes is 1. The lowest BCUT2D eigenvalue weighted by molar-refractivity contribution is -0.105. The highest BCUT2D eigenvalue weighted by Gasteiger charge is 2.47. The van der Waals surface area contributed by atoms with E-state index in [1.807, 2.05) is 6.07 Å². The third-order valence-corrected chi connectivity index (χ3v) is 6.21. The molecule has 146 valence electrons. The van der Waals surface area contributed by atoms with Crippen LogP contribution >= 0.6 is 0 Å². The summed E-state index contributed by atoms with van der Waals surface area (Å²) in [5.41, 5.74) is 2.43. The van der Waals surface area contributed by atoms with E-state index < -0.39 is 16.8 Å². The summed E-state index contributed by atoms with van der Waals surface area (Å²) in [7, 11) is 0. The zero-order valence-corrected chi connectivity index (χ0v) is 16.1. The minimum absolute atomic E-state index is 0.261. The summed E-state index contributed by atoms with van der Waals surface area (Å²) in [5.74, 6) is 0.618. The number of aromatic nitrogens is 2. The lowest BCUT2D eigenvalue weighted by atomic mass is 9.98. The maximum atomic E-state index is 12.3. The average Bonchev–Trinajstić information content (AvgIpc) is 3.32. The fraction of sp³-hybridized carbons (Fsp3) is 0.200. The molecule has 2 heterocycles. The normalized spacial score (nSPS) is 15.3. The van der Waals surface area contributed by atoms with E-state index in [1.165, 1.54) is 0 Å². The number of nitrogens with one attached hydrogen (secondary N) is 3.